The molecule has 0 aliphatic carbocycles. The molecule has 26 heavy (non-hydrogen) atoms. The van der Waals surface area contributed by atoms with Crippen molar-refractivity contribution in [3.8, 4) is 0 Å². The number of amides is 1. The summed E-state index contributed by atoms with van der Waals surface area (Å²) in [5.41, 5.74) is 3.47. The molecule has 0 unspecified atom stereocenters. The van der Waals surface area contributed by atoms with Crippen molar-refractivity contribution in [1.82, 2.24) is 14.9 Å². The first kappa shape index (κ1) is 16.8. The zero-order valence-corrected chi connectivity index (χ0v) is 14.9. The van der Waals surface area contributed by atoms with Gasteiger partial charge in [-0.2, -0.15) is 0 Å². The zero-order valence-electron chi connectivity index (χ0n) is 14.9. The van der Waals surface area contributed by atoms with Crippen molar-refractivity contribution in [2.45, 2.75) is 31.8 Å². The number of rotatable bonds is 3. The molecule has 134 valence electrons. The number of carbonyl (C=O) groups excluding carboxylic acids is 1. The number of nitrogens with one attached hydrogen (secondary N) is 1. The molecule has 1 saturated heterocycles. The number of carbonyl (C=O) groups is 1. The van der Waals surface area contributed by atoms with Crippen molar-refractivity contribution < 1.29 is 9.90 Å². The third kappa shape index (κ3) is 2.99. The molecular weight excluding hydrogens is 326 g/mol. The zero-order chi connectivity index (χ0) is 18.1. The van der Waals surface area contributed by atoms with Gasteiger partial charge in [0.1, 0.15) is 12.4 Å². The van der Waals surface area contributed by atoms with Gasteiger partial charge in [0.15, 0.2) is 0 Å². The van der Waals surface area contributed by atoms with Gasteiger partial charge < -0.3 is 15.0 Å². The Labute approximate surface area is 152 Å². The van der Waals surface area contributed by atoms with Crippen LogP contribution in [0.15, 0.2) is 48.5 Å². The molecule has 1 fully saturated rings. The van der Waals surface area contributed by atoms with Crippen LogP contribution in [0, 0.1) is 0 Å². The van der Waals surface area contributed by atoms with E-state index in [0.29, 0.717) is 11.4 Å². The largest absolute Gasteiger partial charge is 0.388 e. The average molecular weight is 349 g/mol. The Balaban J connectivity index is 1.59. The number of likely N-dealkylation sites (tertiary alicyclic amines) is 1. The SMILES string of the molecule is C[C@]1(c2ccccc2)CCCN(C(=O)c2ccc3nc(CO)[nH]c3c2)C1. The molecule has 1 aromatic heterocycles. The summed E-state index contributed by atoms with van der Waals surface area (Å²) in [6, 6.07) is 15.9. The summed E-state index contributed by atoms with van der Waals surface area (Å²) in [5.74, 6) is 0.563. The van der Waals surface area contributed by atoms with E-state index >= 15 is 0 Å². The summed E-state index contributed by atoms with van der Waals surface area (Å²) in [4.78, 5) is 22.4. The van der Waals surface area contributed by atoms with E-state index in [1.165, 1.54) is 5.56 Å². The second-order valence-electron chi connectivity index (χ2n) is 7.33. The van der Waals surface area contributed by atoms with Crippen molar-refractivity contribution in [3.05, 3.63) is 65.5 Å². The van der Waals surface area contributed by atoms with E-state index in [1.54, 1.807) is 0 Å². The lowest BCUT2D eigenvalue weighted by Crippen LogP contribution is -2.47. The van der Waals surface area contributed by atoms with Crippen LogP contribution in [0.3, 0.4) is 0 Å². The first-order chi connectivity index (χ1) is 12.6. The first-order valence-electron chi connectivity index (χ1n) is 9.03. The minimum absolute atomic E-state index is 0.0166. The van der Waals surface area contributed by atoms with Gasteiger partial charge >= 0.3 is 0 Å². The third-order valence-electron chi connectivity index (χ3n) is 5.38. The molecule has 1 aliphatic rings. The number of aromatic nitrogens is 2. The van der Waals surface area contributed by atoms with Crippen molar-refractivity contribution in [2.24, 2.45) is 0 Å². The molecule has 0 saturated carbocycles. The molecule has 5 heteroatoms. The third-order valence-corrected chi connectivity index (χ3v) is 5.38. The Kier molecular flexibility index (Phi) is 4.24. The van der Waals surface area contributed by atoms with E-state index in [1.807, 2.05) is 29.2 Å². The fourth-order valence-electron chi connectivity index (χ4n) is 3.94. The Hall–Kier alpha value is -2.66. The minimum atomic E-state index is -0.139. The molecule has 4 rings (SSSR count). The maximum Gasteiger partial charge on any atom is 0.253 e. The number of aromatic amines is 1. The number of aliphatic hydroxyl groups excluding tert-OH is 1. The lowest BCUT2D eigenvalue weighted by Gasteiger charge is -2.41. The number of hydrogen-bond donors (Lipinski definition) is 2. The topological polar surface area (TPSA) is 69.2 Å². The van der Waals surface area contributed by atoms with Gasteiger partial charge in [-0.3, -0.25) is 4.79 Å². The van der Waals surface area contributed by atoms with Gasteiger partial charge in [0.2, 0.25) is 0 Å². The van der Waals surface area contributed by atoms with Crippen LogP contribution >= 0.6 is 0 Å². The van der Waals surface area contributed by atoms with Crippen molar-refractivity contribution in [3.63, 3.8) is 0 Å². The number of imidazole rings is 1. The molecule has 2 heterocycles. The van der Waals surface area contributed by atoms with E-state index in [-0.39, 0.29) is 17.9 Å². The van der Waals surface area contributed by atoms with Crippen LogP contribution in [-0.2, 0) is 12.0 Å². The number of hydrogen-bond acceptors (Lipinski definition) is 3. The molecule has 0 radical (unpaired) electrons. The number of benzene rings is 2. The first-order valence-corrected chi connectivity index (χ1v) is 9.03. The van der Waals surface area contributed by atoms with Gasteiger partial charge in [0, 0.05) is 24.1 Å². The summed E-state index contributed by atoms with van der Waals surface area (Å²) in [5, 5.41) is 9.22. The predicted octanol–water partition coefficient (Wildman–Crippen LogP) is 3.25. The second-order valence-corrected chi connectivity index (χ2v) is 7.33. The molecule has 2 N–H and O–H groups in total. The van der Waals surface area contributed by atoms with E-state index in [9.17, 15) is 9.90 Å². The summed E-state index contributed by atoms with van der Waals surface area (Å²) in [7, 11) is 0. The molecule has 1 amide bonds. The monoisotopic (exact) mass is 349 g/mol. The molecular formula is C21H23N3O2. The molecule has 5 nitrogen and oxygen atoms in total. The van der Waals surface area contributed by atoms with Crippen molar-refractivity contribution in [1.29, 1.82) is 0 Å². The maximum absolute atomic E-state index is 13.1. The molecule has 0 spiro atoms. The van der Waals surface area contributed by atoms with Gasteiger partial charge in [0.25, 0.3) is 5.91 Å². The van der Waals surface area contributed by atoms with E-state index in [4.69, 9.17) is 0 Å². The van der Waals surface area contributed by atoms with Gasteiger partial charge in [0.05, 0.1) is 11.0 Å². The number of fused-ring (bicyclic) bond motifs is 1. The lowest BCUT2D eigenvalue weighted by molar-refractivity contribution is 0.0651. The number of H-pyrrole nitrogens is 1. The average Bonchev–Trinajstić information content (AvgIpc) is 3.10. The standard InChI is InChI=1S/C21H23N3O2/c1-21(16-6-3-2-4-7-16)10-5-11-24(14-21)20(26)15-8-9-17-18(12-15)23-19(13-25)22-17/h2-4,6-9,12,25H,5,10-11,13-14H2,1H3,(H,22,23)/t21-/m0/s1. The number of nitrogens with zero attached hydrogens (tertiary/aromatic N) is 2. The highest BCUT2D eigenvalue weighted by Gasteiger charge is 2.34. The van der Waals surface area contributed by atoms with Crippen LogP contribution in [0.4, 0.5) is 0 Å². The highest BCUT2D eigenvalue weighted by molar-refractivity contribution is 5.97. The van der Waals surface area contributed by atoms with Gasteiger partial charge in [-0.25, -0.2) is 4.98 Å². The van der Waals surface area contributed by atoms with E-state index in [2.05, 4.69) is 41.2 Å². The molecule has 0 bridgehead atoms. The molecule has 1 aliphatic heterocycles. The van der Waals surface area contributed by atoms with Crippen molar-refractivity contribution in [2.75, 3.05) is 13.1 Å². The Bertz CT molecular complexity index is 935. The van der Waals surface area contributed by atoms with Gasteiger partial charge in [-0.05, 0) is 36.6 Å². The van der Waals surface area contributed by atoms with Crippen molar-refractivity contribution >= 4 is 16.9 Å². The maximum atomic E-state index is 13.1. The number of piperidine rings is 1. The Morgan fingerprint density at radius 2 is 2.08 bits per heavy atom. The minimum Gasteiger partial charge on any atom is -0.388 e. The fraction of sp³-hybridized carbons (Fsp3) is 0.333. The molecule has 3 aromatic rings. The number of aliphatic hydroxyl groups is 1. The predicted molar refractivity (Wildman–Crippen MR) is 101 cm³/mol. The van der Waals surface area contributed by atoms with Gasteiger partial charge in [-0.15, -0.1) is 0 Å². The summed E-state index contributed by atoms with van der Waals surface area (Å²) < 4.78 is 0. The van der Waals surface area contributed by atoms with Crippen LogP contribution in [0.2, 0.25) is 0 Å². The van der Waals surface area contributed by atoms with Crippen LogP contribution in [0.1, 0.15) is 41.5 Å². The molecule has 2 aromatic carbocycles. The molecule has 1 atom stereocenters. The van der Waals surface area contributed by atoms with E-state index < -0.39 is 0 Å². The smallest absolute Gasteiger partial charge is 0.253 e. The second kappa shape index (κ2) is 6.57. The summed E-state index contributed by atoms with van der Waals surface area (Å²) >= 11 is 0. The van der Waals surface area contributed by atoms with Crippen LogP contribution in [0.5, 0.6) is 0 Å². The highest BCUT2D eigenvalue weighted by atomic mass is 16.3. The normalized spacial score (nSPS) is 20.5. The highest BCUT2D eigenvalue weighted by Crippen LogP contribution is 2.34. The van der Waals surface area contributed by atoms with E-state index in [0.717, 1.165) is 37.0 Å². The summed E-state index contributed by atoms with van der Waals surface area (Å²) in [6.07, 6.45) is 2.08. The quantitative estimate of drug-likeness (QED) is 0.763. The lowest BCUT2D eigenvalue weighted by atomic mass is 9.76. The van der Waals surface area contributed by atoms with Crippen LogP contribution in [-0.4, -0.2) is 39.0 Å². The Morgan fingerprint density at radius 1 is 1.27 bits per heavy atom. The van der Waals surface area contributed by atoms with Crippen LogP contribution < -0.4 is 0 Å². The van der Waals surface area contributed by atoms with Crippen LogP contribution in [0.25, 0.3) is 11.0 Å². The summed E-state index contributed by atoms with van der Waals surface area (Å²) in [6.45, 7) is 3.61. The Morgan fingerprint density at radius 3 is 2.85 bits per heavy atom. The fourth-order valence-corrected chi connectivity index (χ4v) is 3.94. The van der Waals surface area contributed by atoms with Gasteiger partial charge in [-0.1, -0.05) is 37.3 Å².